The first-order valence-corrected chi connectivity index (χ1v) is 6.62. The van der Waals surface area contributed by atoms with Crippen LogP contribution in [0.1, 0.15) is 43.2 Å². The second kappa shape index (κ2) is 4.89. The predicted octanol–water partition coefficient (Wildman–Crippen LogP) is 2.32. The number of carboxylic acids is 1. The molecule has 1 aromatic rings. The molecule has 0 aromatic carbocycles. The fourth-order valence-corrected chi connectivity index (χ4v) is 2.22. The van der Waals surface area contributed by atoms with Crippen molar-refractivity contribution in [1.82, 2.24) is 9.88 Å². The number of nitrogens with zero attached hydrogens (tertiary/aromatic N) is 1. The number of halogens is 1. The Hall–Kier alpha value is -1.49. The van der Waals surface area contributed by atoms with E-state index in [1.54, 1.807) is 16.8 Å². The van der Waals surface area contributed by atoms with Crippen LogP contribution in [-0.4, -0.2) is 28.1 Å². The molecule has 0 radical (unpaired) electrons. The highest BCUT2D eigenvalue weighted by Crippen LogP contribution is 2.45. The molecule has 5 nitrogen and oxygen atoms in total. The van der Waals surface area contributed by atoms with Crippen LogP contribution < -0.4 is 5.32 Å². The van der Waals surface area contributed by atoms with Crippen LogP contribution in [0.25, 0.3) is 0 Å². The van der Waals surface area contributed by atoms with Crippen LogP contribution in [0.2, 0.25) is 5.02 Å². The van der Waals surface area contributed by atoms with Gasteiger partial charge in [0.1, 0.15) is 5.69 Å². The zero-order valence-electron chi connectivity index (χ0n) is 10.9. The lowest BCUT2D eigenvalue weighted by Gasteiger charge is -2.14. The van der Waals surface area contributed by atoms with E-state index in [1.165, 1.54) is 0 Å². The van der Waals surface area contributed by atoms with Gasteiger partial charge in [0.05, 0.1) is 10.4 Å². The Labute approximate surface area is 116 Å². The number of rotatable bonds is 5. The largest absolute Gasteiger partial charge is 0.481 e. The maximum absolute atomic E-state index is 12.1. The third-order valence-electron chi connectivity index (χ3n) is 3.50. The minimum atomic E-state index is -0.843. The Balaban J connectivity index is 2.06. The molecule has 0 bridgehead atoms. The molecule has 2 rings (SSSR count). The molecule has 1 aliphatic rings. The zero-order valence-corrected chi connectivity index (χ0v) is 11.7. The Kier molecular flexibility index (Phi) is 3.58. The molecule has 1 fully saturated rings. The van der Waals surface area contributed by atoms with Gasteiger partial charge in [0.2, 0.25) is 0 Å². The average molecular weight is 285 g/mol. The summed E-state index contributed by atoms with van der Waals surface area (Å²) in [4.78, 5) is 23.1. The van der Waals surface area contributed by atoms with Gasteiger partial charge in [-0.15, -0.1) is 0 Å². The van der Waals surface area contributed by atoms with Crippen LogP contribution in [0.3, 0.4) is 0 Å². The third-order valence-corrected chi connectivity index (χ3v) is 3.71. The minimum Gasteiger partial charge on any atom is -0.481 e. The number of aliphatic carboxylic acids is 1. The normalized spacial score (nSPS) is 16.4. The molecular weight excluding hydrogens is 268 g/mol. The van der Waals surface area contributed by atoms with Crippen molar-refractivity contribution in [3.8, 4) is 0 Å². The SMILES string of the molecule is CC(C)n1cc(Cl)cc1C(=O)NCC1(C(=O)O)CC1. The van der Waals surface area contributed by atoms with Gasteiger partial charge in [-0.1, -0.05) is 11.6 Å². The smallest absolute Gasteiger partial charge is 0.311 e. The van der Waals surface area contributed by atoms with Crippen molar-refractivity contribution in [2.75, 3.05) is 6.54 Å². The number of hydrogen-bond donors (Lipinski definition) is 2. The summed E-state index contributed by atoms with van der Waals surface area (Å²) < 4.78 is 1.78. The summed E-state index contributed by atoms with van der Waals surface area (Å²) in [5.74, 6) is -1.13. The summed E-state index contributed by atoms with van der Waals surface area (Å²) in [5.41, 5.74) is -0.296. The van der Waals surface area contributed by atoms with Crippen molar-refractivity contribution in [2.45, 2.75) is 32.7 Å². The molecule has 1 amide bonds. The van der Waals surface area contributed by atoms with Crippen LogP contribution >= 0.6 is 11.6 Å². The molecule has 1 aromatic heterocycles. The number of nitrogens with one attached hydrogen (secondary N) is 1. The summed E-state index contributed by atoms with van der Waals surface area (Å²) in [7, 11) is 0. The van der Waals surface area contributed by atoms with Crippen molar-refractivity contribution < 1.29 is 14.7 Å². The summed E-state index contributed by atoms with van der Waals surface area (Å²) in [5, 5.41) is 12.2. The number of carbonyl (C=O) groups is 2. The number of amides is 1. The van der Waals surface area contributed by atoms with Gasteiger partial charge in [-0.25, -0.2) is 0 Å². The van der Waals surface area contributed by atoms with Crippen molar-refractivity contribution >= 4 is 23.5 Å². The second-order valence-electron chi connectivity index (χ2n) is 5.31. The predicted molar refractivity (Wildman–Crippen MR) is 71.5 cm³/mol. The highest BCUT2D eigenvalue weighted by Gasteiger charge is 2.50. The van der Waals surface area contributed by atoms with E-state index in [4.69, 9.17) is 16.7 Å². The van der Waals surface area contributed by atoms with E-state index in [0.717, 1.165) is 0 Å². The highest BCUT2D eigenvalue weighted by atomic mass is 35.5. The fraction of sp³-hybridized carbons (Fsp3) is 0.538. The first-order valence-electron chi connectivity index (χ1n) is 6.25. The molecule has 0 spiro atoms. The van der Waals surface area contributed by atoms with Crippen molar-refractivity contribution in [1.29, 1.82) is 0 Å². The number of carbonyl (C=O) groups excluding carboxylic acids is 1. The van der Waals surface area contributed by atoms with Crippen molar-refractivity contribution in [2.24, 2.45) is 5.41 Å². The lowest BCUT2D eigenvalue weighted by molar-refractivity contribution is -0.143. The molecule has 0 atom stereocenters. The highest BCUT2D eigenvalue weighted by molar-refractivity contribution is 6.31. The fourth-order valence-electron chi connectivity index (χ4n) is 2.01. The van der Waals surface area contributed by atoms with Gasteiger partial charge in [-0.3, -0.25) is 9.59 Å². The molecule has 6 heteroatoms. The van der Waals surface area contributed by atoms with E-state index < -0.39 is 11.4 Å². The summed E-state index contributed by atoms with van der Waals surface area (Å²) in [6.45, 7) is 4.07. The van der Waals surface area contributed by atoms with Gasteiger partial charge in [0.25, 0.3) is 5.91 Å². The third kappa shape index (κ3) is 2.76. The summed E-state index contributed by atoms with van der Waals surface area (Å²) >= 11 is 5.91. The standard InChI is InChI=1S/C13H17ClN2O3/c1-8(2)16-6-9(14)5-10(16)11(17)15-7-13(3-4-13)12(18)19/h5-6,8H,3-4,7H2,1-2H3,(H,15,17)(H,18,19). The molecule has 1 aliphatic carbocycles. The van der Waals surface area contributed by atoms with E-state index in [1.807, 2.05) is 13.8 Å². The second-order valence-corrected chi connectivity index (χ2v) is 5.75. The summed E-state index contributed by atoms with van der Waals surface area (Å²) in [6, 6.07) is 1.71. The minimum absolute atomic E-state index is 0.114. The van der Waals surface area contributed by atoms with Crippen LogP contribution in [0.4, 0.5) is 0 Å². The molecule has 2 N–H and O–H groups in total. The van der Waals surface area contributed by atoms with Gasteiger partial charge in [-0.05, 0) is 32.8 Å². The molecule has 0 aliphatic heterocycles. The molecular formula is C13H17ClN2O3. The molecule has 19 heavy (non-hydrogen) atoms. The number of hydrogen-bond acceptors (Lipinski definition) is 2. The van der Waals surface area contributed by atoms with E-state index in [-0.39, 0.29) is 18.5 Å². The van der Waals surface area contributed by atoms with Crippen molar-refractivity contribution in [3.05, 3.63) is 23.0 Å². The Morgan fingerprint density at radius 3 is 2.63 bits per heavy atom. The maximum atomic E-state index is 12.1. The number of carboxylic acid groups (broad SMARTS) is 1. The van der Waals surface area contributed by atoms with Gasteiger partial charge < -0.3 is 15.0 Å². The summed E-state index contributed by atoms with van der Waals surface area (Å²) in [6.07, 6.45) is 2.94. The molecule has 0 unspecified atom stereocenters. The average Bonchev–Trinajstić information content (AvgIpc) is 3.02. The quantitative estimate of drug-likeness (QED) is 0.871. The lowest BCUT2D eigenvalue weighted by Crippen LogP contribution is -2.35. The first-order chi connectivity index (χ1) is 8.85. The number of aromatic nitrogens is 1. The monoisotopic (exact) mass is 284 g/mol. The lowest BCUT2D eigenvalue weighted by atomic mass is 10.1. The molecule has 0 saturated heterocycles. The van der Waals surface area contributed by atoms with E-state index in [0.29, 0.717) is 23.6 Å². The van der Waals surface area contributed by atoms with Crippen LogP contribution in [0.15, 0.2) is 12.3 Å². The Bertz CT molecular complexity index is 518. The van der Waals surface area contributed by atoms with Gasteiger partial charge in [0, 0.05) is 18.8 Å². The Morgan fingerprint density at radius 1 is 1.53 bits per heavy atom. The van der Waals surface area contributed by atoms with Crippen LogP contribution in [0, 0.1) is 5.41 Å². The molecule has 1 heterocycles. The molecule has 104 valence electrons. The van der Waals surface area contributed by atoms with Gasteiger partial charge >= 0.3 is 5.97 Å². The Morgan fingerprint density at radius 2 is 2.16 bits per heavy atom. The van der Waals surface area contributed by atoms with Gasteiger partial charge in [0.15, 0.2) is 0 Å². The van der Waals surface area contributed by atoms with Crippen molar-refractivity contribution in [3.63, 3.8) is 0 Å². The van der Waals surface area contributed by atoms with E-state index in [2.05, 4.69) is 5.32 Å². The van der Waals surface area contributed by atoms with Crippen LogP contribution in [0.5, 0.6) is 0 Å². The van der Waals surface area contributed by atoms with Gasteiger partial charge in [-0.2, -0.15) is 0 Å². The topological polar surface area (TPSA) is 71.3 Å². The zero-order chi connectivity index (χ0) is 14.2. The maximum Gasteiger partial charge on any atom is 0.311 e. The van der Waals surface area contributed by atoms with E-state index in [9.17, 15) is 9.59 Å². The first kappa shape index (κ1) is 13.9. The molecule has 1 saturated carbocycles. The van der Waals surface area contributed by atoms with E-state index >= 15 is 0 Å². The van der Waals surface area contributed by atoms with Crippen LogP contribution in [-0.2, 0) is 4.79 Å².